The van der Waals surface area contributed by atoms with Crippen LogP contribution >= 0.6 is 11.6 Å². The minimum absolute atomic E-state index is 0.00129. The number of carboxylic acid groups (broad SMARTS) is 1. The van der Waals surface area contributed by atoms with Gasteiger partial charge in [-0.1, -0.05) is 17.7 Å². The lowest BCUT2D eigenvalue weighted by Gasteiger charge is -2.15. The topological polar surface area (TPSA) is 66.8 Å². The Kier molecular flexibility index (Phi) is 5.34. The van der Waals surface area contributed by atoms with E-state index in [0.29, 0.717) is 6.42 Å². The number of halogens is 2. The minimum Gasteiger partial charge on any atom is -0.479 e. The first kappa shape index (κ1) is 13.9. The molecule has 0 heterocycles. The van der Waals surface area contributed by atoms with Crippen molar-refractivity contribution in [2.75, 3.05) is 13.2 Å². The average molecular weight is 263 g/mol. The summed E-state index contributed by atoms with van der Waals surface area (Å²) >= 11 is 5.75. The van der Waals surface area contributed by atoms with Crippen molar-refractivity contribution < 1.29 is 24.1 Å². The molecule has 6 heteroatoms. The number of hydrogen-bond donors (Lipinski definition) is 2. The highest BCUT2D eigenvalue weighted by Gasteiger charge is 2.23. The Morgan fingerprint density at radius 1 is 1.53 bits per heavy atom. The molecule has 0 fully saturated rings. The molecule has 2 N–H and O–H groups in total. The van der Waals surface area contributed by atoms with Crippen molar-refractivity contribution in [1.82, 2.24) is 0 Å². The van der Waals surface area contributed by atoms with E-state index in [1.807, 2.05) is 0 Å². The SMILES string of the molecule is O=C(O)C(OCCCO)c1ccc(F)cc1Cl. The molecule has 17 heavy (non-hydrogen) atoms. The molecule has 0 aliphatic rings. The first-order valence-electron chi connectivity index (χ1n) is 4.96. The summed E-state index contributed by atoms with van der Waals surface area (Å²) in [6.07, 6.45) is -0.933. The van der Waals surface area contributed by atoms with Gasteiger partial charge in [0.05, 0.1) is 6.61 Å². The van der Waals surface area contributed by atoms with Gasteiger partial charge in [-0.25, -0.2) is 9.18 Å². The van der Waals surface area contributed by atoms with E-state index in [4.69, 9.17) is 26.6 Å². The zero-order valence-corrected chi connectivity index (χ0v) is 9.65. The summed E-state index contributed by atoms with van der Waals surface area (Å²) < 4.78 is 17.9. The molecule has 0 amide bonds. The fraction of sp³-hybridized carbons (Fsp3) is 0.364. The number of hydrogen-bond acceptors (Lipinski definition) is 3. The molecule has 1 aromatic carbocycles. The molecule has 0 saturated heterocycles. The summed E-state index contributed by atoms with van der Waals surface area (Å²) in [7, 11) is 0. The fourth-order valence-electron chi connectivity index (χ4n) is 1.27. The molecular weight excluding hydrogens is 251 g/mol. The van der Waals surface area contributed by atoms with Crippen LogP contribution in [-0.4, -0.2) is 29.4 Å². The average Bonchev–Trinajstić information content (AvgIpc) is 2.25. The van der Waals surface area contributed by atoms with Crippen molar-refractivity contribution in [1.29, 1.82) is 0 Å². The number of aliphatic carboxylic acids is 1. The predicted octanol–water partition coefficient (Wildman–Crippen LogP) is 2.00. The molecular formula is C11H12ClFO4. The van der Waals surface area contributed by atoms with Crippen molar-refractivity contribution in [3.63, 3.8) is 0 Å². The van der Waals surface area contributed by atoms with Crippen LogP contribution in [0, 0.1) is 5.82 Å². The van der Waals surface area contributed by atoms with Gasteiger partial charge in [-0.2, -0.15) is 0 Å². The number of rotatable bonds is 6. The van der Waals surface area contributed by atoms with Crippen LogP contribution in [0.5, 0.6) is 0 Å². The summed E-state index contributed by atoms with van der Waals surface area (Å²) in [6.45, 7) is -0.00926. The maximum absolute atomic E-state index is 12.8. The molecule has 0 aliphatic carbocycles. The fourth-order valence-corrected chi connectivity index (χ4v) is 1.54. The van der Waals surface area contributed by atoms with Gasteiger partial charge >= 0.3 is 5.97 Å². The third-order valence-electron chi connectivity index (χ3n) is 2.06. The van der Waals surface area contributed by atoms with Crippen LogP contribution in [-0.2, 0) is 9.53 Å². The number of carboxylic acids is 1. The van der Waals surface area contributed by atoms with E-state index in [2.05, 4.69) is 0 Å². The smallest absolute Gasteiger partial charge is 0.337 e. The van der Waals surface area contributed by atoms with Crippen LogP contribution in [0.2, 0.25) is 5.02 Å². The first-order chi connectivity index (χ1) is 8.06. The molecule has 0 radical (unpaired) electrons. The van der Waals surface area contributed by atoms with Crippen LogP contribution in [0.25, 0.3) is 0 Å². The number of carbonyl (C=O) groups is 1. The van der Waals surface area contributed by atoms with Gasteiger partial charge in [-0.05, 0) is 18.6 Å². The van der Waals surface area contributed by atoms with Crippen molar-refractivity contribution in [3.05, 3.63) is 34.6 Å². The van der Waals surface area contributed by atoms with Crippen molar-refractivity contribution in [2.24, 2.45) is 0 Å². The largest absolute Gasteiger partial charge is 0.479 e. The molecule has 4 nitrogen and oxygen atoms in total. The second-order valence-corrected chi connectivity index (χ2v) is 3.74. The van der Waals surface area contributed by atoms with E-state index >= 15 is 0 Å². The van der Waals surface area contributed by atoms with Gasteiger partial charge in [0, 0.05) is 17.2 Å². The van der Waals surface area contributed by atoms with Crippen LogP contribution in [0.15, 0.2) is 18.2 Å². The molecule has 1 aromatic rings. The van der Waals surface area contributed by atoms with Crippen LogP contribution in [0.3, 0.4) is 0 Å². The standard InChI is InChI=1S/C11H12ClFO4/c12-9-6-7(13)2-3-8(9)10(11(15)16)17-5-1-4-14/h2-3,6,10,14H,1,4-5H2,(H,15,16). The van der Waals surface area contributed by atoms with Gasteiger partial charge in [0.15, 0.2) is 6.10 Å². The molecule has 0 spiro atoms. The van der Waals surface area contributed by atoms with Gasteiger partial charge in [0.1, 0.15) is 5.82 Å². The lowest BCUT2D eigenvalue weighted by atomic mass is 10.1. The lowest BCUT2D eigenvalue weighted by molar-refractivity contribution is -0.151. The number of benzene rings is 1. The van der Waals surface area contributed by atoms with E-state index in [0.717, 1.165) is 12.1 Å². The molecule has 1 rings (SSSR count). The third kappa shape index (κ3) is 3.96. The number of ether oxygens (including phenoxy) is 1. The van der Waals surface area contributed by atoms with Gasteiger partial charge in [0.2, 0.25) is 0 Å². The second kappa shape index (κ2) is 6.54. The van der Waals surface area contributed by atoms with Gasteiger partial charge in [-0.3, -0.25) is 0 Å². The van der Waals surface area contributed by atoms with Crippen LogP contribution in [0.1, 0.15) is 18.1 Å². The first-order valence-corrected chi connectivity index (χ1v) is 5.34. The van der Waals surface area contributed by atoms with Crippen LogP contribution < -0.4 is 0 Å². The van der Waals surface area contributed by atoms with Gasteiger partial charge in [-0.15, -0.1) is 0 Å². The van der Waals surface area contributed by atoms with E-state index in [-0.39, 0.29) is 23.8 Å². The van der Waals surface area contributed by atoms with E-state index in [1.54, 1.807) is 0 Å². The Bertz CT molecular complexity index is 397. The Hall–Kier alpha value is -1.17. The third-order valence-corrected chi connectivity index (χ3v) is 2.38. The predicted molar refractivity (Wildman–Crippen MR) is 59.4 cm³/mol. The Labute approximate surface area is 103 Å². The summed E-state index contributed by atoms with van der Waals surface area (Å²) in [6, 6.07) is 3.42. The molecule has 1 atom stereocenters. The van der Waals surface area contributed by atoms with Crippen molar-refractivity contribution >= 4 is 17.6 Å². The summed E-state index contributed by atoms with van der Waals surface area (Å²) in [4.78, 5) is 11.0. The van der Waals surface area contributed by atoms with Crippen molar-refractivity contribution in [2.45, 2.75) is 12.5 Å². The summed E-state index contributed by atoms with van der Waals surface area (Å²) in [5.41, 5.74) is 0.193. The molecule has 1 unspecified atom stereocenters. The molecule has 0 aliphatic heterocycles. The van der Waals surface area contributed by atoms with Crippen molar-refractivity contribution in [3.8, 4) is 0 Å². The molecule has 0 aromatic heterocycles. The van der Waals surface area contributed by atoms with Crippen LogP contribution in [0.4, 0.5) is 4.39 Å². The Morgan fingerprint density at radius 2 is 2.24 bits per heavy atom. The highest BCUT2D eigenvalue weighted by Crippen LogP contribution is 2.26. The quantitative estimate of drug-likeness (QED) is 0.770. The maximum atomic E-state index is 12.8. The van der Waals surface area contributed by atoms with E-state index < -0.39 is 17.9 Å². The molecule has 0 bridgehead atoms. The van der Waals surface area contributed by atoms with Gasteiger partial charge in [0.25, 0.3) is 0 Å². The Balaban J connectivity index is 2.86. The molecule has 0 saturated carbocycles. The van der Waals surface area contributed by atoms with Gasteiger partial charge < -0.3 is 14.9 Å². The minimum atomic E-state index is -1.25. The maximum Gasteiger partial charge on any atom is 0.337 e. The van der Waals surface area contributed by atoms with E-state index in [1.165, 1.54) is 6.07 Å². The van der Waals surface area contributed by atoms with E-state index in [9.17, 15) is 9.18 Å². The zero-order valence-electron chi connectivity index (χ0n) is 8.90. The highest BCUT2D eigenvalue weighted by atomic mass is 35.5. The zero-order chi connectivity index (χ0) is 12.8. The monoisotopic (exact) mass is 262 g/mol. The Morgan fingerprint density at radius 3 is 2.76 bits per heavy atom. The number of aliphatic hydroxyl groups excluding tert-OH is 1. The lowest BCUT2D eigenvalue weighted by Crippen LogP contribution is -2.17. The summed E-state index contributed by atoms with van der Waals surface area (Å²) in [5.74, 6) is -1.75. The second-order valence-electron chi connectivity index (χ2n) is 3.33. The normalized spacial score (nSPS) is 12.4. The highest BCUT2D eigenvalue weighted by molar-refractivity contribution is 6.31. The molecule has 94 valence electrons. The number of aliphatic hydroxyl groups is 1. The summed E-state index contributed by atoms with van der Waals surface area (Å²) in [5, 5.41) is 17.6.